The Balaban J connectivity index is -0.00000161. The van der Waals surface area contributed by atoms with Crippen LogP contribution in [-0.2, 0) is 23.0 Å². The zero-order chi connectivity index (χ0) is 17.1. The number of benzene rings is 1. The van der Waals surface area contributed by atoms with Crippen molar-refractivity contribution in [3.05, 3.63) is 28.3 Å². The van der Waals surface area contributed by atoms with E-state index in [4.69, 9.17) is 10.2 Å². The molecule has 0 fully saturated rings. The average molecular weight is 400 g/mol. The van der Waals surface area contributed by atoms with Crippen molar-refractivity contribution in [2.24, 2.45) is 0 Å². The van der Waals surface area contributed by atoms with Crippen molar-refractivity contribution >= 4 is 22.1 Å². The van der Waals surface area contributed by atoms with Gasteiger partial charge in [-0.25, -0.2) is 8.42 Å². The molecule has 0 spiro atoms. The molecule has 0 saturated heterocycles. The number of aliphatic hydroxyl groups excluding tert-OH is 2. The van der Waals surface area contributed by atoms with Crippen LogP contribution in [0.15, 0.2) is 11.0 Å². The number of hydrogen-bond donors (Lipinski definition) is 2. The van der Waals surface area contributed by atoms with E-state index < -0.39 is 75.3 Å². The van der Waals surface area contributed by atoms with E-state index in [2.05, 4.69) is 0 Å². The van der Waals surface area contributed by atoms with Crippen molar-refractivity contribution < 1.29 is 132 Å². The molecule has 0 aromatic heterocycles. The second kappa shape index (κ2) is 13.2. The minimum atomic E-state index is -5.21. The van der Waals surface area contributed by atoms with Gasteiger partial charge in [-0.15, -0.1) is 0 Å². The number of aliphatic hydroxyl groups is 2. The van der Waals surface area contributed by atoms with Gasteiger partial charge >= 0.3 is 88.7 Å². The summed E-state index contributed by atoms with van der Waals surface area (Å²) in [6, 6.07) is 0.472. The Morgan fingerprint density at radius 1 is 0.920 bits per heavy atom. The average Bonchev–Trinajstić information content (AvgIpc) is 2.37. The molecular formula is C12H11Na3O9S. The minimum Gasteiger partial charge on any atom is -0.744 e. The number of rotatable bonds is 7. The van der Waals surface area contributed by atoms with Crippen LogP contribution in [-0.4, -0.2) is 48.3 Å². The summed E-state index contributed by atoms with van der Waals surface area (Å²) < 4.78 is 33.7. The quantitative estimate of drug-likeness (QED) is 0.332. The Kier molecular flexibility index (Phi) is 16.2. The third-order valence-corrected chi connectivity index (χ3v) is 3.82. The predicted molar refractivity (Wildman–Crippen MR) is 64.6 cm³/mol. The molecular weight excluding hydrogens is 389 g/mol. The first-order valence-corrected chi connectivity index (χ1v) is 7.35. The maximum atomic E-state index is 11.3. The summed E-state index contributed by atoms with van der Waals surface area (Å²) in [5.74, 6) is -3.84. The molecule has 0 aliphatic carbocycles. The standard InChI is InChI=1S/C12H14O9S.3Na/c13-3-1-6-8(11(15)16)5-9(22(19,20)21)7(2-4-14)10(6)12(17)18;;;/h5,13-14H,1-4H2,(H,15,16)(H,17,18)(H,19,20,21);;;/q;3*+1/p-3. The molecule has 9 nitrogen and oxygen atoms in total. The zero-order valence-electron chi connectivity index (χ0n) is 14.1. The Hall–Kier alpha value is 0.990. The van der Waals surface area contributed by atoms with Crippen molar-refractivity contribution in [2.45, 2.75) is 17.7 Å². The Bertz CT molecular complexity index is 719. The summed E-state index contributed by atoms with van der Waals surface area (Å²) in [4.78, 5) is 21.2. The van der Waals surface area contributed by atoms with Crippen LogP contribution in [0.25, 0.3) is 0 Å². The fourth-order valence-corrected chi connectivity index (χ4v) is 2.90. The molecule has 0 heterocycles. The SMILES string of the molecule is O=C([O-])c1cc(S(=O)(=O)[O-])c(CCO)c(C(=O)[O-])c1CCO.[Na+].[Na+].[Na+]. The molecule has 0 bridgehead atoms. The van der Waals surface area contributed by atoms with Gasteiger partial charge in [0, 0.05) is 24.3 Å². The third kappa shape index (κ3) is 7.86. The first-order valence-electron chi connectivity index (χ1n) is 5.94. The van der Waals surface area contributed by atoms with Crippen molar-refractivity contribution in [3.63, 3.8) is 0 Å². The monoisotopic (exact) mass is 400 g/mol. The normalized spacial score (nSPS) is 10.0. The second-order valence-corrected chi connectivity index (χ2v) is 5.58. The topological polar surface area (TPSA) is 178 Å². The van der Waals surface area contributed by atoms with E-state index in [0.29, 0.717) is 6.07 Å². The van der Waals surface area contributed by atoms with E-state index in [1.807, 2.05) is 0 Å². The van der Waals surface area contributed by atoms with Crippen LogP contribution in [0.2, 0.25) is 0 Å². The van der Waals surface area contributed by atoms with Crippen LogP contribution >= 0.6 is 0 Å². The van der Waals surface area contributed by atoms with Crippen molar-refractivity contribution in [2.75, 3.05) is 13.2 Å². The van der Waals surface area contributed by atoms with Gasteiger partial charge in [-0.3, -0.25) is 0 Å². The van der Waals surface area contributed by atoms with Crippen molar-refractivity contribution in [1.82, 2.24) is 0 Å². The number of carboxylic acids is 2. The minimum absolute atomic E-state index is 0. The number of carbonyl (C=O) groups excluding carboxylic acids is 2. The van der Waals surface area contributed by atoms with E-state index in [-0.39, 0.29) is 88.7 Å². The van der Waals surface area contributed by atoms with Crippen LogP contribution in [0.4, 0.5) is 0 Å². The molecule has 0 aliphatic heterocycles. The van der Waals surface area contributed by atoms with E-state index in [1.165, 1.54) is 0 Å². The largest absolute Gasteiger partial charge is 1.00 e. The molecule has 0 atom stereocenters. The van der Waals surface area contributed by atoms with Gasteiger partial charge < -0.3 is 34.6 Å². The number of aromatic carboxylic acids is 2. The third-order valence-electron chi connectivity index (χ3n) is 2.92. The molecule has 2 N–H and O–H groups in total. The molecule has 0 amide bonds. The van der Waals surface area contributed by atoms with Gasteiger partial charge in [-0.1, -0.05) is 0 Å². The van der Waals surface area contributed by atoms with Crippen LogP contribution in [0.5, 0.6) is 0 Å². The maximum absolute atomic E-state index is 11.3. The summed E-state index contributed by atoms with van der Waals surface area (Å²) in [7, 11) is -5.21. The Morgan fingerprint density at radius 2 is 1.36 bits per heavy atom. The summed E-state index contributed by atoms with van der Waals surface area (Å²) in [6.07, 6.45) is -0.962. The van der Waals surface area contributed by atoms with Crippen LogP contribution < -0.4 is 98.9 Å². The first-order chi connectivity index (χ1) is 10.1. The van der Waals surface area contributed by atoms with Crippen LogP contribution in [0.3, 0.4) is 0 Å². The van der Waals surface area contributed by atoms with E-state index in [9.17, 15) is 32.8 Å². The molecule has 13 heteroatoms. The molecule has 1 aromatic rings. The Labute approximate surface area is 210 Å². The summed E-state index contributed by atoms with van der Waals surface area (Å²) >= 11 is 0. The fraction of sp³-hybridized carbons (Fsp3) is 0.333. The van der Waals surface area contributed by atoms with Crippen molar-refractivity contribution in [1.29, 1.82) is 0 Å². The predicted octanol–water partition coefficient (Wildman–Crippen LogP) is -12.6. The molecule has 1 aromatic carbocycles. The first kappa shape index (κ1) is 30.7. The van der Waals surface area contributed by atoms with E-state index in [0.717, 1.165) is 0 Å². The van der Waals surface area contributed by atoms with Gasteiger partial charge in [0.1, 0.15) is 10.1 Å². The number of carboxylic acid groups (broad SMARTS) is 2. The zero-order valence-corrected chi connectivity index (χ0v) is 20.9. The maximum Gasteiger partial charge on any atom is 1.00 e. The summed E-state index contributed by atoms with van der Waals surface area (Å²) in [5.41, 5.74) is -2.69. The molecule has 1 rings (SSSR count). The molecule has 0 aliphatic rings. The number of carbonyl (C=O) groups is 2. The van der Waals surface area contributed by atoms with Crippen LogP contribution in [0.1, 0.15) is 31.8 Å². The number of hydrogen-bond acceptors (Lipinski definition) is 9. The van der Waals surface area contributed by atoms with Gasteiger partial charge in [-0.2, -0.15) is 0 Å². The second-order valence-electron chi connectivity index (χ2n) is 4.23. The molecule has 122 valence electrons. The van der Waals surface area contributed by atoms with Gasteiger partial charge in [0.15, 0.2) is 0 Å². The van der Waals surface area contributed by atoms with Gasteiger partial charge in [-0.05, 0) is 30.0 Å². The Morgan fingerprint density at radius 3 is 1.68 bits per heavy atom. The molecule has 0 radical (unpaired) electrons. The smallest absolute Gasteiger partial charge is 0.744 e. The van der Waals surface area contributed by atoms with E-state index >= 15 is 0 Å². The van der Waals surface area contributed by atoms with Crippen LogP contribution in [0, 0.1) is 0 Å². The molecule has 25 heavy (non-hydrogen) atoms. The van der Waals surface area contributed by atoms with Gasteiger partial charge in [0.2, 0.25) is 0 Å². The van der Waals surface area contributed by atoms with Crippen molar-refractivity contribution in [3.8, 4) is 0 Å². The van der Waals surface area contributed by atoms with Gasteiger partial charge in [0.25, 0.3) is 0 Å². The van der Waals surface area contributed by atoms with Gasteiger partial charge in [0.05, 0.1) is 16.8 Å². The summed E-state index contributed by atoms with van der Waals surface area (Å²) in [6.45, 7) is -1.32. The molecule has 0 unspecified atom stereocenters. The molecule has 0 saturated carbocycles. The summed E-state index contributed by atoms with van der Waals surface area (Å²) in [5, 5.41) is 40.2. The fourth-order valence-electron chi connectivity index (χ4n) is 2.13. The van der Waals surface area contributed by atoms with E-state index in [1.54, 1.807) is 0 Å².